The van der Waals surface area contributed by atoms with E-state index in [0.717, 1.165) is 0 Å². The Morgan fingerprint density at radius 2 is 1.82 bits per heavy atom. The molecule has 6 nitrogen and oxygen atoms in total. The number of nitrogens with zero attached hydrogens (tertiary/aromatic N) is 2. The molecule has 2 aromatic rings. The molecule has 0 amide bonds. The molecule has 0 unspecified atom stereocenters. The first-order valence-electron chi connectivity index (χ1n) is 7.24. The van der Waals surface area contributed by atoms with Gasteiger partial charge in [0.15, 0.2) is 0 Å². The van der Waals surface area contributed by atoms with E-state index in [1.54, 1.807) is 18.2 Å². The van der Waals surface area contributed by atoms with Gasteiger partial charge in [-0.2, -0.15) is 0 Å². The molecule has 0 saturated heterocycles. The number of nitrogen functional groups attached to an aromatic ring is 1. The number of para-hydroxylation sites is 1. The van der Waals surface area contributed by atoms with Gasteiger partial charge < -0.3 is 4.42 Å². The van der Waals surface area contributed by atoms with Crippen LogP contribution >= 0.6 is 0 Å². The molecular weight excluding hydrogens is 302 g/mol. The molecule has 0 bridgehead atoms. The van der Waals surface area contributed by atoms with Gasteiger partial charge in [-0.05, 0) is 26.0 Å². The van der Waals surface area contributed by atoms with E-state index in [1.165, 1.54) is 4.68 Å². The Kier molecular flexibility index (Phi) is 3.21. The molecule has 3 rings (SSSR count). The smallest absolute Gasteiger partial charge is 0.364 e. The van der Waals surface area contributed by atoms with Crippen LogP contribution in [0.1, 0.15) is 39.5 Å². The first kappa shape index (κ1) is 14.9. The number of hydrogen-bond donors (Lipinski definition) is 1. The van der Waals surface area contributed by atoms with Gasteiger partial charge in [-0.3, -0.25) is 5.84 Å². The van der Waals surface area contributed by atoms with Crippen LogP contribution in [0.3, 0.4) is 0 Å². The zero-order valence-electron chi connectivity index (χ0n) is 13.1. The largest absolute Gasteiger partial charge is 0.404 e. The van der Waals surface area contributed by atoms with Crippen molar-refractivity contribution >= 4 is 21.3 Å². The Balaban J connectivity index is 2.41. The summed E-state index contributed by atoms with van der Waals surface area (Å²) in [5.74, 6) is 6.95. The van der Waals surface area contributed by atoms with E-state index in [4.69, 9.17) is 10.3 Å². The Morgan fingerprint density at radius 3 is 2.41 bits per heavy atom. The summed E-state index contributed by atoms with van der Waals surface area (Å²) < 4.78 is 32.7. The van der Waals surface area contributed by atoms with E-state index < -0.39 is 9.84 Å². The van der Waals surface area contributed by atoms with Gasteiger partial charge in [-0.15, -0.1) is 0 Å². The lowest BCUT2D eigenvalue weighted by Crippen LogP contribution is -2.52. The molecule has 0 saturated carbocycles. The molecule has 7 heteroatoms. The van der Waals surface area contributed by atoms with Crippen molar-refractivity contribution in [2.75, 3.05) is 10.7 Å². The van der Waals surface area contributed by atoms with Crippen molar-refractivity contribution in [1.29, 1.82) is 0 Å². The third-order valence-electron chi connectivity index (χ3n) is 3.74. The predicted molar refractivity (Wildman–Crippen MR) is 82.3 cm³/mol. The molecule has 1 aromatic carbocycles. The number of hydrogen-bond acceptors (Lipinski definition) is 5. The Hall–Kier alpha value is -2.02. The average molecular weight is 322 g/mol. The number of nitrogens with two attached hydrogens (primary N) is 1. The van der Waals surface area contributed by atoms with Gasteiger partial charge in [0.1, 0.15) is 10.6 Å². The quantitative estimate of drug-likeness (QED) is 0.676. The van der Waals surface area contributed by atoms with Crippen molar-refractivity contribution in [3.63, 3.8) is 0 Å². The number of benzene rings is 1. The van der Waals surface area contributed by atoms with Gasteiger partial charge in [0.25, 0.3) is 15.7 Å². The van der Waals surface area contributed by atoms with Crippen LogP contribution in [-0.4, -0.2) is 14.5 Å². The number of oxazole rings is 1. The van der Waals surface area contributed by atoms with Crippen LogP contribution in [0.15, 0.2) is 38.7 Å². The Bertz CT molecular complexity index is 838. The Labute approximate surface area is 130 Å². The minimum atomic E-state index is -3.71. The van der Waals surface area contributed by atoms with Crippen LogP contribution in [-0.2, 0) is 9.84 Å². The molecule has 2 N–H and O–H groups in total. The first-order valence-corrected chi connectivity index (χ1v) is 8.72. The van der Waals surface area contributed by atoms with Gasteiger partial charge in [-0.1, -0.05) is 30.7 Å². The third-order valence-corrected chi connectivity index (χ3v) is 5.42. The average Bonchev–Trinajstić information content (AvgIpc) is 2.78. The van der Waals surface area contributed by atoms with Gasteiger partial charge in [-0.25, -0.2) is 13.3 Å². The van der Waals surface area contributed by atoms with E-state index in [9.17, 15) is 8.42 Å². The fourth-order valence-electron chi connectivity index (χ4n) is 2.80. The van der Waals surface area contributed by atoms with Gasteiger partial charge in [0.2, 0.25) is 0 Å². The van der Waals surface area contributed by atoms with E-state index in [0.29, 0.717) is 17.4 Å². The number of fused-ring (bicyclic) bond motifs is 2. The van der Waals surface area contributed by atoms with E-state index >= 15 is 0 Å². The number of rotatable bonds is 2. The SMILES string of the molecule is CC(C)c1oc2c([n+]1N)N(C(C)C)c1ccccc1S2(=O)=O. The minimum absolute atomic E-state index is 0.0251. The van der Waals surface area contributed by atoms with Gasteiger partial charge >= 0.3 is 10.9 Å². The molecule has 22 heavy (non-hydrogen) atoms. The fourth-order valence-corrected chi connectivity index (χ4v) is 4.33. The molecule has 2 heterocycles. The van der Waals surface area contributed by atoms with E-state index in [-0.39, 0.29) is 21.9 Å². The summed E-state index contributed by atoms with van der Waals surface area (Å²) in [6, 6.07) is 6.95. The predicted octanol–water partition coefficient (Wildman–Crippen LogP) is 2.10. The van der Waals surface area contributed by atoms with Crippen LogP contribution in [0.2, 0.25) is 0 Å². The summed E-state index contributed by atoms with van der Waals surface area (Å²) in [6.07, 6.45) is 0. The van der Waals surface area contributed by atoms with Crippen LogP contribution in [0, 0.1) is 0 Å². The molecule has 1 aliphatic heterocycles. The lowest BCUT2D eigenvalue weighted by molar-refractivity contribution is -0.640. The third kappa shape index (κ3) is 1.85. The summed E-state index contributed by atoms with van der Waals surface area (Å²) in [4.78, 5) is 2.15. The van der Waals surface area contributed by atoms with Crippen molar-refractivity contribution in [3.05, 3.63) is 30.2 Å². The number of sulfone groups is 1. The maximum Gasteiger partial charge on any atom is 0.364 e. The summed E-state index contributed by atoms with van der Waals surface area (Å²) in [5.41, 5.74) is 0.625. The molecule has 0 radical (unpaired) electrons. The summed E-state index contributed by atoms with van der Waals surface area (Å²) in [5, 5.41) is -0.0777. The maximum atomic E-state index is 12.9. The normalized spacial score (nSPS) is 16.0. The Morgan fingerprint density at radius 1 is 1.18 bits per heavy atom. The molecule has 0 fully saturated rings. The lowest BCUT2D eigenvalue weighted by Gasteiger charge is -2.25. The highest BCUT2D eigenvalue weighted by Gasteiger charge is 2.48. The highest BCUT2D eigenvalue weighted by Crippen LogP contribution is 2.44. The monoisotopic (exact) mass is 322 g/mol. The van der Waals surface area contributed by atoms with Crippen molar-refractivity contribution in [1.82, 2.24) is 0 Å². The van der Waals surface area contributed by atoms with E-state index in [1.807, 2.05) is 38.7 Å². The highest BCUT2D eigenvalue weighted by atomic mass is 32.2. The van der Waals surface area contributed by atoms with E-state index in [2.05, 4.69) is 0 Å². The molecule has 118 valence electrons. The zero-order valence-corrected chi connectivity index (χ0v) is 13.9. The minimum Gasteiger partial charge on any atom is -0.404 e. The van der Waals surface area contributed by atoms with Crippen LogP contribution in [0.25, 0.3) is 0 Å². The second-order valence-electron chi connectivity index (χ2n) is 6.01. The molecule has 0 spiro atoms. The molecule has 1 aromatic heterocycles. The zero-order chi connectivity index (χ0) is 16.2. The summed E-state index contributed by atoms with van der Waals surface area (Å²) in [7, 11) is -3.71. The van der Waals surface area contributed by atoms with Crippen LogP contribution in [0.4, 0.5) is 11.5 Å². The number of anilines is 2. The van der Waals surface area contributed by atoms with Crippen molar-refractivity contribution in [2.24, 2.45) is 0 Å². The van der Waals surface area contributed by atoms with Crippen LogP contribution < -0.4 is 15.4 Å². The van der Waals surface area contributed by atoms with Gasteiger partial charge in [0, 0.05) is 0 Å². The maximum absolute atomic E-state index is 12.9. The lowest BCUT2D eigenvalue weighted by atomic mass is 10.2. The van der Waals surface area contributed by atoms with Gasteiger partial charge in [0.05, 0.1) is 12.0 Å². The molecule has 0 atom stereocenters. The molecule has 1 aliphatic rings. The van der Waals surface area contributed by atoms with Crippen LogP contribution in [0.5, 0.6) is 0 Å². The highest BCUT2D eigenvalue weighted by molar-refractivity contribution is 7.91. The second-order valence-corrected chi connectivity index (χ2v) is 7.83. The van der Waals surface area contributed by atoms with Crippen molar-refractivity contribution in [2.45, 2.75) is 49.6 Å². The fraction of sp³-hybridized carbons (Fsp3) is 0.400. The summed E-state index contributed by atoms with van der Waals surface area (Å²) >= 11 is 0. The molecular formula is C15H20N3O3S+. The topological polar surface area (TPSA) is 80.4 Å². The van der Waals surface area contributed by atoms with Crippen molar-refractivity contribution in [3.8, 4) is 0 Å². The van der Waals surface area contributed by atoms with Crippen molar-refractivity contribution < 1.29 is 17.5 Å². The standard InChI is InChI=1S/C15H20N3O3S/c1-9(2)14-18(16)13-15(21-14)22(19,20)12-8-6-5-7-11(12)17(13)10(3)4/h5-10H,16H2,1-4H3/q+1. The number of aromatic nitrogens is 1. The summed E-state index contributed by atoms with van der Waals surface area (Å²) in [6.45, 7) is 7.79. The second kappa shape index (κ2) is 4.74. The first-order chi connectivity index (χ1) is 10.3. The molecule has 0 aliphatic carbocycles.